The quantitative estimate of drug-likeness (QED) is 0.632. The van der Waals surface area contributed by atoms with Crippen LogP contribution in [0.25, 0.3) is 0 Å². The van der Waals surface area contributed by atoms with Gasteiger partial charge in [0.05, 0.1) is 18.2 Å². The molecule has 3 rings (SSSR count). The van der Waals surface area contributed by atoms with E-state index in [0.717, 1.165) is 18.4 Å². The number of allylic oxidation sites excluding steroid dienone is 1. The molecule has 1 saturated carbocycles. The molecule has 1 aromatic rings. The number of hydrogen-bond donors (Lipinski definition) is 1. The van der Waals surface area contributed by atoms with E-state index in [4.69, 9.17) is 4.74 Å². The molecule has 0 unspecified atom stereocenters. The summed E-state index contributed by atoms with van der Waals surface area (Å²) >= 11 is 3.45. The van der Waals surface area contributed by atoms with Gasteiger partial charge in [-0.05, 0) is 25.3 Å². The highest BCUT2D eigenvalue weighted by Gasteiger charge is 2.43. The lowest BCUT2D eigenvalue weighted by Crippen LogP contribution is -2.49. The first-order chi connectivity index (χ1) is 11.2. The van der Waals surface area contributed by atoms with Gasteiger partial charge in [-0.15, -0.1) is 0 Å². The van der Waals surface area contributed by atoms with Gasteiger partial charge in [-0.25, -0.2) is 9.59 Å². The van der Waals surface area contributed by atoms with E-state index in [-0.39, 0.29) is 18.0 Å². The molecule has 122 valence electrons. The molecule has 6 heteroatoms. The Morgan fingerprint density at radius 2 is 2.04 bits per heavy atom. The lowest BCUT2D eigenvalue weighted by Gasteiger charge is -2.36. The third kappa shape index (κ3) is 3.13. The predicted octanol–water partition coefficient (Wildman–Crippen LogP) is 3.13. The van der Waals surface area contributed by atoms with Gasteiger partial charge >= 0.3 is 12.0 Å². The van der Waals surface area contributed by atoms with E-state index in [9.17, 15) is 9.59 Å². The first-order valence-corrected chi connectivity index (χ1v) is 8.90. The second-order valence-corrected chi connectivity index (χ2v) is 6.17. The second-order valence-electron chi connectivity index (χ2n) is 5.61. The maximum absolute atomic E-state index is 12.6. The number of rotatable bonds is 5. The molecule has 1 fully saturated rings. The largest absolute Gasteiger partial charge is 0.463 e. The number of hydrogen-bond acceptors (Lipinski definition) is 3. The first-order valence-electron chi connectivity index (χ1n) is 7.78. The van der Waals surface area contributed by atoms with Gasteiger partial charge in [0.25, 0.3) is 0 Å². The molecule has 1 aromatic carbocycles. The van der Waals surface area contributed by atoms with E-state index in [1.807, 2.05) is 30.3 Å². The number of carbonyl (C=O) groups excluding carboxylic acids is 2. The van der Waals surface area contributed by atoms with E-state index in [1.54, 1.807) is 11.8 Å². The number of amides is 2. The summed E-state index contributed by atoms with van der Waals surface area (Å²) in [7, 11) is 0. The molecule has 1 aliphatic heterocycles. The van der Waals surface area contributed by atoms with E-state index in [2.05, 4.69) is 21.2 Å². The number of halogens is 1. The molecular formula is C17H19BrN2O3. The molecule has 2 aliphatic rings. The number of nitrogens with one attached hydrogen (secondary N) is 1. The van der Waals surface area contributed by atoms with Crippen LogP contribution in [0, 0.1) is 0 Å². The second kappa shape index (κ2) is 6.74. The SMILES string of the molecule is CCOC(=O)C1=C(CBr)N(C2CC2)C(=O)N[C@@H]1c1ccccc1. The van der Waals surface area contributed by atoms with Crippen molar-refractivity contribution in [3.63, 3.8) is 0 Å². The van der Waals surface area contributed by atoms with Crippen LogP contribution in [-0.4, -0.2) is 34.9 Å². The van der Waals surface area contributed by atoms with Crippen LogP contribution in [0.3, 0.4) is 0 Å². The van der Waals surface area contributed by atoms with Crippen LogP contribution in [0.1, 0.15) is 31.4 Å². The smallest absolute Gasteiger partial charge is 0.338 e. The molecule has 5 nitrogen and oxygen atoms in total. The van der Waals surface area contributed by atoms with Crippen LogP contribution in [0.2, 0.25) is 0 Å². The van der Waals surface area contributed by atoms with Crippen LogP contribution < -0.4 is 5.32 Å². The minimum atomic E-state index is -0.481. The Morgan fingerprint density at radius 1 is 1.35 bits per heavy atom. The summed E-state index contributed by atoms with van der Waals surface area (Å²) < 4.78 is 5.25. The number of benzene rings is 1. The topological polar surface area (TPSA) is 58.6 Å². The van der Waals surface area contributed by atoms with Gasteiger partial charge < -0.3 is 10.1 Å². The fourth-order valence-electron chi connectivity index (χ4n) is 2.88. The summed E-state index contributed by atoms with van der Waals surface area (Å²) in [4.78, 5) is 26.8. The van der Waals surface area contributed by atoms with E-state index in [0.29, 0.717) is 23.2 Å². The Morgan fingerprint density at radius 3 is 2.61 bits per heavy atom. The van der Waals surface area contributed by atoms with Crippen molar-refractivity contribution in [3.05, 3.63) is 47.2 Å². The van der Waals surface area contributed by atoms with Crippen molar-refractivity contribution >= 4 is 27.9 Å². The number of urea groups is 1. The Kier molecular flexibility index (Phi) is 4.71. The van der Waals surface area contributed by atoms with Crippen LogP contribution in [0.15, 0.2) is 41.6 Å². The maximum atomic E-state index is 12.6. The Labute approximate surface area is 143 Å². The minimum Gasteiger partial charge on any atom is -0.463 e. The Bertz CT molecular complexity index is 640. The standard InChI is InChI=1S/C17H19BrN2O3/c1-2-23-16(21)14-13(10-18)20(12-8-9-12)17(22)19-15(14)11-6-4-3-5-7-11/h3-7,12,15H,2,8-10H2,1H3,(H,19,22)/t15-/m1/s1. The summed E-state index contributed by atoms with van der Waals surface area (Å²) in [5.74, 6) is -0.374. The molecule has 23 heavy (non-hydrogen) atoms. The summed E-state index contributed by atoms with van der Waals surface area (Å²) in [5, 5.41) is 3.40. The van der Waals surface area contributed by atoms with Gasteiger partial charge in [0.1, 0.15) is 0 Å². The van der Waals surface area contributed by atoms with Gasteiger partial charge in [-0.3, -0.25) is 4.90 Å². The average Bonchev–Trinajstić information content (AvgIpc) is 3.39. The van der Waals surface area contributed by atoms with Crippen molar-refractivity contribution < 1.29 is 14.3 Å². The summed E-state index contributed by atoms with van der Waals surface area (Å²) in [6.45, 7) is 2.08. The van der Waals surface area contributed by atoms with Crippen molar-refractivity contribution in [1.82, 2.24) is 10.2 Å². The zero-order valence-electron chi connectivity index (χ0n) is 12.9. The fourth-order valence-corrected chi connectivity index (χ4v) is 3.45. The molecule has 1 heterocycles. The lowest BCUT2D eigenvalue weighted by molar-refractivity contribution is -0.139. The molecule has 0 bridgehead atoms. The van der Waals surface area contributed by atoms with Gasteiger partial charge in [0.15, 0.2) is 0 Å². The molecule has 0 aromatic heterocycles. The molecule has 0 radical (unpaired) electrons. The number of carbonyl (C=O) groups is 2. The third-order valence-corrected chi connectivity index (χ3v) is 4.57. The maximum Gasteiger partial charge on any atom is 0.338 e. The molecule has 1 aliphatic carbocycles. The van der Waals surface area contributed by atoms with Crippen LogP contribution in [0.4, 0.5) is 4.79 Å². The third-order valence-electron chi connectivity index (χ3n) is 4.04. The van der Waals surface area contributed by atoms with Gasteiger partial charge in [-0.2, -0.15) is 0 Å². The van der Waals surface area contributed by atoms with Gasteiger partial charge in [0, 0.05) is 17.1 Å². The fraction of sp³-hybridized carbons (Fsp3) is 0.412. The van der Waals surface area contributed by atoms with Crippen LogP contribution in [0.5, 0.6) is 0 Å². The van der Waals surface area contributed by atoms with Crippen molar-refractivity contribution in [3.8, 4) is 0 Å². The minimum absolute atomic E-state index is 0.149. The number of esters is 1. The Hall–Kier alpha value is -1.82. The van der Waals surface area contributed by atoms with Crippen molar-refractivity contribution in [2.24, 2.45) is 0 Å². The van der Waals surface area contributed by atoms with Crippen molar-refractivity contribution in [2.75, 3.05) is 11.9 Å². The monoisotopic (exact) mass is 378 g/mol. The molecule has 0 saturated heterocycles. The van der Waals surface area contributed by atoms with Crippen molar-refractivity contribution in [1.29, 1.82) is 0 Å². The predicted molar refractivity (Wildman–Crippen MR) is 90.0 cm³/mol. The first kappa shape index (κ1) is 16.1. The summed E-state index contributed by atoms with van der Waals surface area (Å²) in [6.07, 6.45) is 1.94. The van der Waals surface area contributed by atoms with Crippen LogP contribution in [-0.2, 0) is 9.53 Å². The van der Waals surface area contributed by atoms with E-state index >= 15 is 0 Å². The van der Waals surface area contributed by atoms with E-state index < -0.39 is 6.04 Å². The highest BCUT2D eigenvalue weighted by molar-refractivity contribution is 9.09. The van der Waals surface area contributed by atoms with Gasteiger partial charge in [-0.1, -0.05) is 46.3 Å². The van der Waals surface area contributed by atoms with E-state index in [1.165, 1.54) is 0 Å². The Balaban J connectivity index is 2.09. The van der Waals surface area contributed by atoms with Crippen molar-refractivity contribution in [2.45, 2.75) is 31.8 Å². The number of alkyl halides is 1. The number of ether oxygens (including phenoxy) is 1. The average molecular weight is 379 g/mol. The molecule has 1 atom stereocenters. The zero-order valence-corrected chi connectivity index (χ0v) is 14.5. The summed E-state index contributed by atoms with van der Waals surface area (Å²) in [5.41, 5.74) is 2.10. The highest BCUT2D eigenvalue weighted by Crippen LogP contribution is 2.38. The van der Waals surface area contributed by atoms with Crippen LogP contribution >= 0.6 is 15.9 Å². The molecular weight excluding hydrogens is 360 g/mol. The molecule has 0 spiro atoms. The highest BCUT2D eigenvalue weighted by atomic mass is 79.9. The summed E-state index contributed by atoms with van der Waals surface area (Å²) in [6, 6.07) is 9.06. The zero-order chi connectivity index (χ0) is 16.4. The molecule has 1 N–H and O–H groups in total. The van der Waals surface area contributed by atoms with Gasteiger partial charge in [0.2, 0.25) is 0 Å². The molecule has 2 amide bonds. The number of nitrogens with zero attached hydrogens (tertiary/aromatic N) is 1. The lowest BCUT2D eigenvalue weighted by atomic mass is 9.95. The normalized spacial score (nSPS) is 21.2.